The van der Waals surface area contributed by atoms with Crippen LogP contribution in [0, 0.1) is 6.61 Å². The fourth-order valence-electron chi connectivity index (χ4n) is 1.18. The molecule has 0 bridgehead atoms. The number of aliphatic hydroxyl groups is 1. The molecule has 65 valence electrons. The average Bonchev–Trinajstić information content (AvgIpc) is 2.04. The summed E-state index contributed by atoms with van der Waals surface area (Å²) in [4.78, 5) is 0. The lowest BCUT2D eigenvalue weighted by Crippen LogP contribution is -1.87. The van der Waals surface area contributed by atoms with Gasteiger partial charge >= 0.3 is 0 Å². The maximum atomic E-state index is 8.77. The molecule has 1 nitrogen and oxygen atoms in total. The van der Waals surface area contributed by atoms with E-state index in [0.29, 0.717) is 5.02 Å². The second-order valence-corrected chi connectivity index (χ2v) is 3.21. The zero-order valence-electron chi connectivity index (χ0n) is 7.05. The van der Waals surface area contributed by atoms with Crippen LogP contribution in [-0.4, -0.2) is 5.11 Å². The molecule has 0 unspecified atom stereocenters. The van der Waals surface area contributed by atoms with Crippen LogP contribution in [-0.2, 0) is 6.42 Å². The summed E-state index contributed by atoms with van der Waals surface area (Å²) in [6, 6.07) is 5.61. The topological polar surface area (TPSA) is 20.2 Å². The molecule has 1 rings (SSSR count). The van der Waals surface area contributed by atoms with Gasteiger partial charge in [-0.15, -0.1) is 0 Å². The maximum Gasteiger partial charge on any atom is 0.109 e. The molecule has 0 aliphatic rings. The van der Waals surface area contributed by atoms with Gasteiger partial charge in [-0.3, -0.25) is 0 Å². The summed E-state index contributed by atoms with van der Waals surface area (Å²) in [6.07, 6.45) is 2.09. The molecular formula is C10H12ClO. The first-order valence-corrected chi connectivity index (χ1v) is 4.41. The zero-order chi connectivity index (χ0) is 8.97. The van der Waals surface area contributed by atoms with Crippen LogP contribution in [0.3, 0.4) is 0 Å². The zero-order valence-corrected chi connectivity index (χ0v) is 7.80. The van der Waals surface area contributed by atoms with Crippen LogP contribution in [0.4, 0.5) is 0 Å². The summed E-state index contributed by atoms with van der Waals surface area (Å²) in [5.74, 6) is 0. The normalized spacial score (nSPS) is 10.2. The minimum absolute atomic E-state index is 0.682. The molecule has 1 aromatic carbocycles. The highest BCUT2D eigenvalue weighted by Crippen LogP contribution is 2.16. The smallest absolute Gasteiger partial charge is 0.109 e. The van der Waals surface area contributed by atoms with E-state index in [1.54, 1.807) is 6.07 Å². The molecule has 1 N–H and O–H groups in total. The summed E-state index contributed by atoms with van der Waals surface area (Å²) in [5.41, 5.74) is 1.94. The lowest BCUT2D eigenvalue weighted by atomic mass is 10.1. The molecule has 0 heterocycles. The van der Waals surface area contributed by atoms with E-state index >= 15 is 0 Å². The van der Waals surface area contributed by atoms with Gasteiger partial charge in [0.2, 0.25) is 0 Å². The number of hydrogen-bond donors (Lipinski definition) is 1. The van der Waals surface area contributed by atoms with E-state index in [1.165, 1.54) is 5.56 Å². The van der Waals surface area contributed by atoms with Crippen molar-refractivity contribution in [2.45, 2.75) is 19.8 Å². The van der Waals surface area contributed by atoms with Crippen LogP contribution < -0.4 is 0 Å². The van der Waals surface area contributed by atoms with Crippen molar-refractivity contribution in [2.75, 3.05) is 0 Å². The number of aliphatic hydroxyl groups excluding tert-OH is 1. The van der Waals surface area contributed by atoms with Crippen molar-refractivity contribution in [1.82, 2.24) is 0 Å². The quantitative estimate of drug-likeness (QED) is 0.763. The van der Waals surface area contributed by atoms with E-state index < -0.39 is 0 Å². The molecule has 0 fully saturated rings. The lowest BCUT2D eigenvalue weighted by molar-refractivity contribution is 0.415. The van der Waals surface area contributed by atoms with Crippen LogP contribution in [0.2, 0.25) is 5.02 Å². The molecule has 0 saturated carbocycles. The van der Waals surface area contributed by atoms with Crippen LogP contribution in [0.15, 0.2) is 18.2 Å². The van der Waals surface area contributed by atoms with Gasteiger partial charge < -0.3 is 5.11 Å². The molecule has 2 heteroatoms. The van der Waals surface area contributed by atoms with Gasteiger partial charge in [0, 0.05) is 5.02 Å². The second-order valence-electron chi connectivity index (χ2n) is 2.77. The molecule has 0 aliphatic heterocycles. The van der Waals surface area contributed by atoms with Gasteiger partial charge in [-0.25, -0.2) is 0 Å². The Hall–Kier alpha value is -0.530. The molecule has 1 aromatic rings. The van der Waals surface area contributed by atoms with Crippen molar-refractivity contribution in [3.8, 4) is 0 Å². The summed E-state index contributed by atoms with van der Waals surface area (Å²) in [6.45, 7) is 3.19. The first kappa shape index (κ1) is 9.56. The summed E-state index contributed by atoms with van der Waals surface area (Å²) >= 11 is 5.83. The third kappa shape index (κ3) is 2.50. The standard InChI is InChI=1S/C10H12ClO/c1-2-3-8-4-9(7-12)6-10(11)5-8/h4-7,12H,2-3H2,1H3. The first-order valence-electron chi connectivity index (χ1n) is 4.03. The van der Waals surface area contributed by atoms with E-state index in [9.17, 15) is 0 Å². The Morgan fingerprint density at radius 3 is 2.75 bits per heavy atom. The molecule has 0 amide bonds. The van der Waals surface area contributed by atoms with E-state index in [0.717, 1.165) is 25.0 Å². The van der Waals surface area contributed by atoms with Gasteiger partial charge in [0.25, 0.3) is 0 Å². The largest absolute Gasteiger partial charge is 0.385 e. The van der Waals surface area contributed by atoms with Crippen molar-refractivity contribution in [3.05, 3.63) is 41.0 Å². The number of aryl methyl sites for hydroxylation is 1. The molecule has 1 radical (unpaired) electrons. The van der Waals surface area contributed by atoms with Crippen molar-refractivity contribution in [2.24, 2.45) is 0 Å². The van der Waals surface area contributed by atoms with Crippen molar-refractivity contribution < 1.29 is 5.11 Å². The van der Waals surface area contributed by atoms with Crippen LogP contribution in [0.25, 0.3) is 0 Å². The van der Waals surface area contributed by atoms with Gasteiger partial charge in [-0.1, -0.05) is 31.0 Å². The van der Waals surface area contributed by atoms with Crippen molar-refractivity contribution in [1.29, 1.82) is 0 Å². The fraction of sp³-hybridized carbons (Fsp3) is 0.300. The van der Waals surface area contributed by atoms with Gasteiger partial charge in [-0.05, 0) is 29.7 Å². The molecular weight excluding hydrogens is 172 g/mol. The lowest BCUT2D eigenvalue weighted by Gasteiger charge is -2.02. The van der Waals surface area contributed by atoms with Gasteiger partial charge in [0.1, 0.15) is 6.61 Å². The minimum Gasteiger partial charge on any atom is -0.385 e. The van der Waals surface area contributed by atoms with Gasteiger partial charge in [0.15, 0.2) is 0 Å². The third-order valence-electron chi connectivity index (χ3n) is 1.67. The highest BCUT2D eigenvalue weighted by atomic mass is 35.5. The number of halogens is 1. The average molecular weight is 184 g/mol. The summed E-state index contributed by atoms with van der Waals surface area (Å²) in [5, 5.41) is 9.45. The predicted octanol–water partition coefficient (Wildman–Crippen LogP) is 3.17. The second kappa shape index (κ2) is 4.48. The van der Waals surface area contributed by atoms with E-state index in [-0.39, 0.29) is 0 Å². The number of benzene rings is 1. The number of rotatable bonds is 3. The summed E-state index contributed by atoms with van der Waals surface area (Å²) in [7, 11) is 0. The molecule has 0 aliphatic carbocycles. The Balaban J connectivity index is 2.90. The van der Waals surface area contributed by atoms with Crippen molar-refractivity contribution in [3.63, 3.8) is 0 Å². The van der Waals surface area contributed by atoms with Crippen LogP contribution >= 0.6 is 11.6 Å². The van der Waals surface area contributed by atoms with Gasteiger partial charge in [0.05, 0.1) is 0 Å². The minimum atomic E-state index is 0.682. The molecule has 12 heavy (non-hydrogen) atoms. The van der Waals surface area contributed by atoms with Gasteiger partial charge in [-0.2, -0.15) is 0 Å². The van der Waals surface area contributed by atoms with Crippen LogP contribution in [0.5, 0.6) is 0 Å². The monoisotopic (exact) mass is 183 g/mol. The SMILES string of the molecule is CCCc1cc(Cl)cc([CH]O)c1. The van der Waals surface area contributed by atoms with E-state index in [4.69, 9.17) is 16.7 Å². The highest BCUT2D eigenvalue weighted by molar-refractivity contribution is 6.30. The van der Waals surface area contributed by atoms with E-state index in [2.05, 4.69) is 6.92 Å². The Morgan fingerprint density at radius 1 is 1.42 bits per heavy atom. The Kier molecular flexibility index (Phi) is 3.57. The molecule has 0 saturated heterocycles. The Bertz CT molecular complexity index is 258. The van der Waals surface area contributed by atoms with Crippen molar-refractivity contribution >= 4 is 11.6 Å². The molecule has 0 atom stereocenters. The third-order valence-corrected chi connectivity index (χ3v) is 1.89. The first-order chi connectivity index (χ1) is 5.76. The predicted molar refractivity (Wildman–Crippen MR) is 50.8 cm³/mol. The Labute approximate surface area is 78.0 Å². The van der Waals surface area contributed by atoms with Crippen LogP contribution in [0.1, 0.15) is 24.5 Å². The number of hydrogen-bond acceptors (Lipinski definition) is 1. The summed E-state index contributed by atoms with van der Waals surface area (Å²) < 4.78 is 0. The molecule has 0 spiro atoms. The highest BCUT2D eigenvalue weighted by Gasteiger charge is 1.98. The van der Waals surface area contributed by atoms with E-state index in [1.807, 2.05) is 12.1 Å². The molecule has 0 aromatic heterocycles. The Morgan fingerprint density at radius 2 is 2.17 bits per heavy atom. The fourth-order valence-corrected chi connectivity index (χ4v) is 1.45. The maximum absolute atomic E-state index is 8.77.